The van der Waals surface area contributed by atoms with Crippen molar-refractivity contribution in [1.82, 2.24) is 0 Å². The molecule has 0 aliphatic heterocycles. The van der Waals surface area contributed by atoms with Gasteiger partial charge in [0.05, 0.1) is 5.69 Å². The molecule has 0 saturated heterocycles. The average molecular weight is 398 g/mol. The van der Waals surface area contributed by atoms with Crippen LogP contribution in [0.5, 0.6) is 5.75 Å². The summed E-state index contributed by atoms with van der Waals surface area (Å²) in [7, 11) is 0. The molecule has 3 nitrogen and oxygen atoms in total. The highest BCUT2D eigenvalue weighted by molar-refractivity contribution is 9.10. The standard InChI is InChI=1S/C20H13BrFNO2/c21-15-5-10-19(23-12-13-1-8-17(24)9-2-13)18(11-15)20(25)14-3-6-16(22)7-4-14/h1-12,24H. The van der Waals surface area contributed by atoms with Gasteiger partial charge in [-0.05, 0) is 72.3 Å². The molecule has 124 valence electrons. The second-order valence-electron chi connectivity index (χ2n) is 5.35. The predicted octanol–water partition coefficient (Wildman–Crippen LogP) is 5.28. The van der Waals surface area contributed by atoms with E-state index in [9.17, 15) is 14.3 Å². The molecule has 0 aliphatic rings. The number of hydrogen-bond donors (Lipinski definition) is 1. The number of phenolic OH excluding ortho intramolecular Hbond substituents is 1. The number of aliphatic imine (C=N–C) groups is 1. The molecule has 0 atom stereocenters. The topological polar surface area (TPSA) is 49.7 Å². The largest absolute Gasteiger partial charge is 0.508 e. The first-order valence-electron chi connectivity index (χ1n) is 7.46. The van der Waals surface area contributed by atoms with Gasteiger partial charge in [0.15, 0.2) is 5.78 Å². The maximum Gasteiger partial charge on any atom is 0.195 e. The van der Waals surface area contributed by atoms with Crippen LogP contribution in [-0.4, -0.2) is 17.1 Å². The van der Waals surface area contributed by atoms with E-state index in [4.69, 9.17) is 0 Å². The predicted molar refractivity (Wildman–Crippen MR) is 99.3 cm³/mol. The lowest BCUT2D eigenvalue weighted by molar-refractivity contribution is 0.103. The fraction of sp³-hybridized carbons (Fsp3) is 0. The minimum atomic E-state index is -0.392. The molecular formula is C20H13BrFNO2. The van der Waals surface area contributed by atoms with Gasteiger partial charge in [-0.25, -0.2) is 4.39 Å². The van der Waals surface area contributed by atoms with Crippen LogP contribution in [-0.2, 0) is 0 Å². The number of rotatable bonds is 4. The van der Waals surface area contributed by atoms with E-state index in [0.29, 0.717) is 16.8 Å². The first-order valence-corrected chi connectivity index (χ1v) is 8.25. The molecule has 0 heterocycles. The third-order valence-corrected chi connectivity index (χ3v) is 4.05. The quantitative estimate of drug-likeness (QED) is 0.481. The summed E-state index contributed by atoms with van der Waals surface area (Å²) in [4.78, 5) is 17.1. The maximum atomic E-state index is 13.1. The monoisotopic (exact) mass is 397 g/mol. The van der Waals surface area contributed by atoms with Crippen molar-refractivity contribution in [3.05, 3.63) is 93.7 Å². The van der Waals surface area contributed by atoms with E-state index in [1.165, 1.54) is 24.3 Å². The van der Waals surface area contributed by atoms with Crippen molar-refractivity contribution in [2.45, 2.75) is 0 Å². The van der Waals surface area contributed by atoms with E-state index in [-0.39, 0.29) is 11.5 Å². The lowest BCUT2D eigenvalue weighted by Gasteiger charge is -2.06. The van der Waals surface area contributed by atoms with E-state index in [1.54, 1.807) is 48.7 Å². The first-order chi connectivity index (χ1) is 12.0. The molecule has 3 rings (SSSR count). The summed E-state index contributed by atoms with van der Waals surface area (Å²) in [6, 6.07) is 17.2. The molecule has 0 spiro atoms. The number of aromatic hydroxyl groups is 1. The van der Waals surface area contributed by atoms with E-state index in [2.05, 4.69) is 20.9 Å². The Labute approximate surface area is 152 Å². The van der Waals surface area contributed by atoms with Crippen molar-refractivity contribution < 1.29 is 14.3 Å². The molecule has 3 aromatic carbocycles. The minimum absolute atomic E-state index is 0.174. The molecule has 0 aromatic heterocycles. The lowest BCUT2D eigenvalue weighted by atomic mass is 10.0. The molecule has 3 aromatic rings. The Morgan fingerprint density at radius 2 is 1.68 bits per heavy atom. The highest BCUT2D eigenvalue weighted by Crippen LogP contribution is 2.26. The van der Waals surface area contributed by atoms with Gasteiger partial charge in [0, 0.05) is 21.8 Å². The normalized spacial score (nSPS) is 11.0. The summed E-state index contributed by atoms with van der Waals surface area (Å²) in [6.45, 7) is 0. The number of ketones is 1. The molecule has 25 heavy (non-hydrogen) atoms. The Hall–Kier alpha value is -2.79. The van der Waals surface area contributed by atoms with Gasteiger partial charge < -0.3 is 5.11 Å². The zero-order chi connectivity index (χ0) is 17.8. The van der Waals surface area contributed by atoms with Crippen molar-refractivity contribution >= 4 is 33.6 Å². The van der Waals surface area contributed by atoms with Crippen LogP contribution in [0.1, 0.15) is 21.5 Å². The molecule has 5 heteroatoms. The summed E-state index contributed by atoms with van der Waals surface area (Å²) in [6.07, 6.45) is 1.62. The van der Waals surface area contributed by atoms with E-state index in [0.717, 1.165) is 10.0 Å². The highest BCUT2D eigenvalue weighted by Gasteiger charge is 2.14. The van der Waals surface area contributed by atoms with Crippen molar-refractivity contribution in [2.24, 2.45) is 4.99 Å². The summed E-state index contributed by atoms with van der Waals surface area (Å²) >= 11 is 3.36. The third kappa shape index (κ3) is 4.19. The zero-order valence-corrected chi connectivity index (χ0v) is 14.6. The SMILES string of the molecule is O=C(c1ccc(F)cc1)c1cc(Br)ccc1N=Cc1ccc(O)cc1. The molecule has 0 fully saturated rings. The van der Waals surface area contributed by atoms with Crippen LogP contribution in [0.3, 0.4) is 0 Å². The van der Waals surface area contributed by atoms with Crippen LogP contribution < -0.4 is 0 Å². The van der Waals surface area contributed by atoms with Crippen LogP contribution in [0.2, 0.25) is 0 Å². The number of hydrogen-bond acceptors (Lipinski definition) is 3. The minimum Gasteiger partial charge on any atom is -0.508 e. The molecule has 0 radical (unpaired) electrons. The first kappa shape index (κ1) is 17.0. The van der Waals surface area contributed by atoms with Gasteiger partial charge in [-0.1, -0.05) is 15.9 Å². The van der Waals surface area contributed by atoms with Crippen molar-refractivity contribution in [2.75, 3.05) is 0 Å². The van der Waals surface area contributed by atoms with Crippen molar-refractivity contribution in [3.63, 3.8) is 0 Å². The van der Waals surface area contributed by atoms with Crippen LogP contribution >= 0.6 is 15.9 Å². The van der Waals surface area contributed by atoms with Crippen molar-refractivity contribution in [1.29, 1.82) is 0 Å². The van der Waals surface area contributed by atoms with Gasteiger partial charge in [0.25, 0.3) is 0 Å². The van der Waals surface area contributed by atoms with Crippen molar-refractivity contribution in [3.8, 4) is 5.75 Å². The van der Waals surface area contributed by atoms with Crippen LogP contribution in [0.25, 0.3) is 0 Å². The molecule has 0 bridgehead atoms. The van der Waals surface area contributed by atoms with Crippen LogP contribution in [0.15, 0.2) is 76.2 Å². The average Bonchev–Trinajstić information content (AvgIpc) is 2.62. The Morgan fingerprint density at radius 3 is 2.36 bits per heavy atom. The van der Waals surface area contributed by atoms with Gasteiger partial charge in [-0.2, -0.15) is 0 Å². The molecule has 0 unspecified atom stereocenters. The third-order valence-electron chi connectivity index (χ3n) is 3.56. The van der Waals surface area contributed by atoms with Gasteiger partial charge >= 0.3 is 0 Å². The Bertz CT molecular complexity index is 935. The molecule has 0 aliphatic carbocycles. The Morgan fingerprint density at radius 1 is 1.00 bits per heavy atom. The van der Waals surface area contributed by atoms with Gasteiger partial charge in [0.2, 0.25) is 0 Å². The zero-order valence-electron chi connectivity index (χ0n) is 13.0. The van der Waals surface area contributed by atoms with Crippen LogP contribution in [0.4, 0.5) is 10.1 Å². The van der Waals surface area contributed by atoms with E-state index < -0.39 is 5.82 Å². The fourth-order valence-electron chi connectivity index (χ4n) is 2.26. The summed E-state index contributed by atoms with van der Waals surface area (Å²) in [5.74, 6) is -0.455. The number of carbonyl (C=O) groups is 1. The van der Waals surface area contributed by atoms with E-state index >= 15 is 0 Å². The smallest absolute Gasteiger partial charge is 0.195 e. The molecule has 0 saturated carbocycles. The highest BCUT2D eigenvalue weighted by atomic mass is 79.9. The fourth-order valence-corrected chi connectivity index (χ4v) is 2.63. The van der Waals surface area contributed by atoms with Gasteiger partial charge in [0.1, 0.15) is 11.6 Å². The van der Waals surface area contributed by atoms with Crippen LogP contribution in [0, 0.1) is 5.82 Å². The number of benzene rings is 3. The molecular weight excluding hydrogens is 385 g/mol. The Balaban J connectivity index is 1.96. The number of halogens is 2. The molecule has 0 amide bonds. The molecule has 1 N–H and O–H groups in total. The van der Waals surface area contributed by atoms with Gasteiger partial charge in [-0.15, -0.1) is 0 Å². The number of carbonyl (C=O) groups excluding carboxylic acids is 1. The van der Waals surface area contributed by atoms with Gasteiger partial charge in [-0.3, -0.25) is 9.79 Å². The summed E-state index contributed by atoms with van der Waals surface area (Å²) < 4.78 is 13.8. The maximum absolute atomic E-state index is 13.1. The summed E-state index contributed by atoms with van der Waals surface area (Å²) in [5.41, 5.74) is 2.10. The van der Waals surface area contributed by atoms with E-state index in [1.807, 2.05) is 0 Å². The number of nitrogens with zero attached hydrogens (tertiary/aromatic N) is 1. The number of phenols is 1. The summed E-state index contributed by atoms with van der Waals surface area (Å²) in [5, 5.41) is 9.31. The second kappa shape index (κ2) is 7.40. The Kier molecular flexibility index (Phi) is 5.05. The lowest BCUT2D eigenvalue weighted by Crippen LogP contribution is -2.02. The second-order valence-corrected chi connectivity index (χ2v) is 6.26.